The van der Waals surface area contributed by atoms with Gasteiger partial charge in [-0.1, -0.05) is 23.7 Å². The fourth-order valence-electron chi connectivity index (χ4n) is 14.9. The van der Waals surface area contributed by atoms with Gasteiger partial charge in [0.2, 0.25) is 57.6 Å². The summed E-state index contributed by atoms with van der Waals surface area (Å²) >= 11 is 0. The number of nitrogens with one attached hydrogen (secondary N) is 4. The van der Waals surface area contributed by atoms with E-state index in [-0.39, 0.29) is 130 Å². The lowest BCUT2D eigenvalue weighted by Crippen LogP contribution is -2.32. The largest absolute Gasteiger partial charge is 0.395 e. The number of amides is 4. The molecule has 8 aromatic rings. The number of hydrogen-bond acceptors (Lipinski definition) is 16. The first-order chi connectivity index (χ1) is 59.1. The first-order valence-corrected chi connectivity index (χ1v) is 39.5. The number of nitrogens with zero attached hydrogens (tertiary/aromatic N) is 6. The summed E-state index contributed by atoms with van der Waals surface area (Å²) in [6.07, 6.45) is 24.1. The maximum atomic E-state index is 13.6. The van der Waals surface area contributed by atoms with Crippen LogP contribution in [0.4, 0.5) is 51.7 Å². The minimum atomic E-state index is -1.16. The molecule has 0 saturated heterocycles. The molecule has 2 aliphatic rings. The third kappa shape index (κ3) is 21.3. The third-order valence-electron chi connectivity index (χ3n) is 23.3. The van der Waals surface area contributed by atoms with Crippen molar-refractivity contribution in [3.8, 4) is 49.4 Å². The monoisotopic (exact) mass is 1720 g/mol. The summed E-state index contributed by atoms with van der Waals surface area (Å²) in [5, 5.41) is 49.0. The van der Waals surface area contributed by atoms with Gasteiger partial charge in [0.25, 0.3) is 23.6 Å². The fraction of sp³-hybridized carbons (Fsp3) is 0.354. The SMILES string of the molecule is C#CC(C)(CO)CC(=O)C(=O)c1c(C)c(C(=O)Nc2ccc(F)c(C)c2)n(C)c1C.C#CC(CO)(CC(=O)C(=O)c1c(C)c(C(=O)Nc2ccc(F)c(C)c2)n(C)c1C)C1CC1.[C-]#[N+]c1cc(NC(=O)c2c(C)c(C(=O)C(=O)CC(C#C)(CO)C3CC3)c(C)n2C)ccc1F.[C-]#[N+]c1cc(NC(=O)c2c(C)c(C(=O)C(=O)CC(C)(C#C)CO)c(C)n2C)ccc1F. The Balaban J connectivity index is 0.000000231. The van der Waals surface area contributed by atoms with Crippen molar-refractivity contribution in [2.24, 2.45) is 61.7 Å². The summed E-state index contributed by atoms with van der Waals surface area (Å²) in [5.74, 6) is -0.395. The van der Waals surface area contributed by atoms with Gasteiger partial charge in [-0.2, -0.15) is 0 Å². The molecule has 2 saturated carbocycles. The molecule has 26 nitrogen and oxygen atoms in total. The molecule has 4 aromatic heterocycles. The average molecular weight is 1720 g/mol. The Labute approximate surface area is 727 Å². The van der Waals surface area contributed by atoms with Gasteiger partial charge in [0, 0.05) is 99.4 Å². The van der Waals surface area contributed by atoms with Gasteiger partial charge in [-0.05, 0) is 227 Å². The number of halogens is 4. The number of anilines is 4. The topological polar surface area (TPSA) is 362 Å². The lowest BCUT2D eigenvalue weighted by Gasteiger charge is -2.24. The number of hydrogen-bond donors (Lipinski definition) is 8. The van der Waals surface area contributed by atoms with Crippen LogP contribution in [0.1, 0.15) is 205 Å². The molecular formula is C96H98F4N10O16. The molecule has 4 aromatic carbocycles. The van der Waals surface area contributed by atoms with E-state index in [1.165, 1.54) is 88.2 Å². The molecule has 2 aliphatic carbocycles. The number of terminal acetylenes is 4. The van der Waals surface area contributed by atoms with E-state index in [1.54, 1.807) is 102 Å². The minimum Gasteiger partial charge on any atom is -0.395 e. The third-order valence-corrected chi connectivity index (χ3v) is 23.3. The predicted molar refractivity (Wildman–Crippen MR) is 465 cm³/mol. The van der Waals surface area contributed by atoms with E-state index in [4.69, 9.17) is 38.8 Å². The molecule has 4 atom stereocenters. The lowest BCUT2D eigenvalue weighted by molar-refractivity contribution is -0.118. The highest BCUT2D eigenvalue weighted by molar-refractivity contribution is 6.46. The minimum absolute atomic E-state index is 0.0135. The van der Waals surface area contributed by atoms with Crippen molar-refractivity contribution in [1.82, 2.24) is 18.3 Å². The number of aryl methyl sites for hydroxylation is 2. The second-order valence-electron chi connectivity index (χ2n) is 32.2. The highest BCUT2D eigenvalue weighted by Gasteiger charge is 2.48. The molecule has 656 valence electrons. The molecule has 126 heavy (non-hydrogen) atoms. The molecule has 30 heteroatoms. The first-order valence-electron chi connectivity index (χ1n) is 39.5. The van der Waals surface area contributed by atoms with E-state index in [2.05, 4.69) is 54.6 Å². The fourth-order valence-corrected chi connectivity index (χ4v) is 14.9. The van der Waals surface area contributed by atoms with Crippen LogP contribution in [0, 0.1) is 189 Å². The zero-order valence-electron chi connectivity index (χ0n) is 72.8. The van der Waals surface area contributed by atoms with Crippen molar-refractivity contribution >= 4 is 104 Å². The van der Waals surface area contributed by atoms with Gasteiger partial charge in [-0.25, -0.2) is 27.3 Å². The van der Waals surface area contributed by atoms with Crippen molar-refractivity contribution in [2.45, 2.75) is 134 Å². The summed E-state index contributed by atoms with van der Waals surface area (Å²) in [6.45, 7) is 31.4. The number of carbonyl (C=O) groups excluding carboxylic acids is 12. The number of ketones is 8. The molecule has 4 unspecified atom stereocenters. The number of aliphatic hydroxyl groups excluding tert-OH is 4. The van der Waals surface area contributed by atoms with Crippen LogP contribution in [-0.4, -0.2) is 135 Å². The highest BCUT2D eigenvalue weighted by atomic mass is 19.1. The van der Waals surface area contributed by atoms with E-state index < -0.39 is 116 Å². The summed E-state index contributed by atoms with van der Waals surface area (Å²) in [5.41, 5.74) is 1.59. The van der Waals surface area contributed by atoms with Crippen LogP contribution in [0.3, 0.4) is 0 Å². The lowest BCUT2D eigenvalue weighted by atomic mass is 9.78. The Morgan fingerprint density at radius 3 is 0.810 bits per heavy atom. The van der Waals surface area contributed by atoms with Crippen molar-refractivity contribution in [1.29, 1.82) is 0 Å². The summed E-state index contributed by atoms with van der Waals surface area (Å²) in [4.78, 5) is 160. The molecule has 4 amide bonds. The number of aromatic nitrogens is 4. The predicted octanol–water partition coefficient (Wildman–Crippen LogP) is 13.7. The molecular weight excluding hydrogens is 1630 g/mol. The van der Waals surface area contributed by atoms with E-state index in [0.29, 0.717) is 67.5 Å². The van der Waals surface area contributed by atoms with Crippen LogP contribution in [0.5, 0.6) is 0 Å². The zero-order valence-corrected chi connectivity index (χ0v) is 72.8. The van der Waals surface area contributed by atoms with Gasteiger partial charge in [0.1, 0.15) is 46.0 Å². The Morgan fingerprint density at radius 1 is 0.381 bits per heavy atom. The smallest absolute Gasteiger partial charge is 0.272 e. The van der Waals surface area contributed by atoms with Crippen LogP contribution >= 0.6 is 0 Å². The molecule has 0 aliphatic heterocycles. The quantitative estimate of drug-likeness (QED) is 0.00681. The van der Waals surface area contributed by atoms with Crippen molar-refractivity contribution in [2.75, 3.05) is 47.7 Å². The van der Waals surface area contributed by atoms with Gasteiger partial charge >= 0.3 is 0 Å². The van der Waals surface area contributed by atoms with E-state index in [1.807, 2.05) is 0 Å². The Hall–Kier alpha value is -14.0. The molecule has 4 heterocycles. The molecule has 8 N–H and O–H groups in total. The van der Waals surface area contributed by atoms with Crippen LogP contribution in [0.2, 0.25) is 0 Å². The molecule has 2 fully saturated rings. The summed E-state index contributed by atoms with van der Waals surface area (Å²) < 4.78 is 60.2. The summed E-state index contributed by atoms with van der Waals surface area (Å²) in [6, 6.07) is 15.7. The standard InChI is InChI=1S/C25H24FN3O4.C25H27FN2O4.C23H22FN3O4.C23H25FN2O4/c1-6-25(13-30,16-7-8-16)12-20(31)23(32)21-14(2)22(29(5)15(21)3)24(33)28-17-9-10-18(26)19(11-17)27-4;1-6-25(13-29,17-7-8-17)12-20(30)23(31)21-15(3)22(28(5)16(21)4)24(32)27-18-9-10-19(26)14(2)11-18;1-7-23(4,12-28)11-18(29)21(30)19-13(2)20(27(6)14(19)3)22(31)26-15-8-9-16(24)17(10-15)25-5;1-7-23(5,12-27)11-18(28)21(29)19-14(3)20(26(6)15(19)4)22(30)25-16-8-9-17(24)13(2)10-16/h1,9-11,16,30H,7-8,12-13H2,2-3,5H3,(H,28,33);1,9-11,17,29H,7-8,12-13H2,2-5H3,(H,27,32);1,8-10,28H,11-12H2,2-4,6H3,(H,26,31);1,8-10,27H,11-12H2,2-6H3,(H,25,30). The second-order valence-corrected chi connectivity index (χ2v) is 32.2. The normalized spacial score (nSPS) is 13.7. The van der Waals surface area contributed by atoms with Gasteiger partial charge in [-0.3, -0.25) is 57.5 Å². The average Bonchev–Trinajstić information content (AvgIpc) is 1.63. The number of Topliss-reactive ketones (excluding diaryl/α,β-unsaturated/α-hetero) is 8. The van der Waals surface area contributed by atoms with Gasteiger partial charge in [0.15, 0.2) is 0 Å². The molecule has 10 rings (SSSR count). The van der Waals surface area contributed by atoms with E-state index in [0.717, 1.165) is 37.8 Å². The first kappa shape index (κ1) is 99.1. The number of carbonyl (C=O) groups is 12. The number of benzene rings is 4. The van der Waals surface area contributed by atoms with Gasteiger partial charge < -0.3 is 60.0 Å². The maximum absolute atomic E-state index is 13.6. The van der Waals surface area contributed by atoms with Crippen molar-refractivity contribution in [3.05, 3.63) is 220 Å². The Morgan fingerprint density at radius 2 is 0.611 bits per heavy atom. The highest BCUT2D eigenvalue weighted by Crippen LogP contribution is 2.49. The Kier molecular flexibility index (Phi) is 31.9. The molecule has 0 radical (unpaired) electrons. The molecule has 0 spiro atoms. The zero-order chi connectivity index (χ0) is 94.6. The number of aliphatic hydroxyl groups is 4. The van der Waals surface area contributed by atoms with Crippen LogP contribution in [0.25, 0.3) is 9.69 Å². The van der Waals surface area contributed by atoms with Crippen molar-refractivity contribution in [3.63, 3.8) is 0 Å². The Bertz CT molecular complexity index is 6100. The van der Waals surface area contributed by atoms with Gasteiger partial charge in [-0.15, -0.1) is 25.7 Å². The van der Waals surface area contributed by atoms with E-state index >= 15 is 0 Å². The van der Waals surface area contributed by atoms with Crippen LogP contribution < -0.4 is 21.3 Å². The summed E-state index contributed by atoms with van der Waals surface area (Å²) in [7, 11) is 6.43. The second kappa shape index (κ2) is 40.6. The maximum Gasteiger partial charge on any atom is 0.272 e. The van der Waals surface area contributed by atoms with E-state index in [9.17, 15) is 95.5 Å². The molecule has 0 bridgehead atoms. The van der Waals surface area contributed by atoms with Crippen LogP contribution in [-0.2, 0) is 47.4 Å². The van der Waals surface area contributed by atoms with Crippen LogP contribution in [0.15, 0.2) is 72.8 Å². The van der Waals surface area contributed by atoms with Crippen molar-refractivity contribution < 1.29 is 95.5 Å². The number of rotatable bonds is 30. The van der Waals surface area contributed by atoms with Gasteiger partial charge in [0.05, 0.1) is 83.5 Å².